The van der Waals surface area contributed by atoms with E-state index in [0.717, 1.165) is 49.6 Å². The van der Waals surface area contributed by atoms with Crippen LogP contribution in [0.2, 0.25) is 0 Å². The molecule has 1 aromatic carbocycles. The Balaban J connectivity index is 1.41. The Labute approximate surface area is 149 Å². The van der Waals surface area contributed by atoms with Crippen LogP contribution in [0.5, 0.6) is 5.75 Å². The van der Waals surface area contributed by atoms with Crippen molar-refractivity contribution in [2.45, 2.75) is 19.3 Å². The number of ether oxygens (including phenoxy) is 1. The number of benzene rings is 1. The molecule has 1 N–H and O–H groups in total. The molecule has 0 atom stereocenters. The molecule has 0 unspecified atom stereocenters. The summed E-state index contributed by atoms with van der Waals surface area (Å²) >= 11 is 0. The highest BCUT2D eigenvalue weighted by Crippen LogP contribution is 2.21. The van der Waals surface area contributed by atoms with Gasteiger partial charge in [0.2, 0.25) is 5.91 Å². The van der Waals surface area contributed by atoms with Gasteiger partial charge >= 0.3 is 0 Å². The fourth-order valence-corrected chi connectivity index (χ4v) is 3.20. The van der Waals surface area contributed by atoms with E-state index in [0.29, 0.717) is 12.3 Å². The van der Waals surface area contributed by atoms with Crippen molar-refractivity contribution in [1.29, 1.82) is 0 Å². The van der Waals surface area contributed by atoms with Crippen LogP contribution in [0.15, 0.2) is 48.7 Å². The van der Waals surface area contributed by atoms with Crippen molar-refractivity contribution in [1.82, 2.24) is 10.3 Å². The van der Waals surface area contributed by atoms with Crippen LogP contribution in [0, 0.1) is 5.92 Å². The molecule has 2 heterocycles. The Bertz CT molecular complexity index is 682. The highest BCUT2D eigenvalue weighted by Gasteiger charge is 2.20. The summed E-state index contributed by atoms with van der Waals surface area (Å²) in [6.45, 7) is 2.74. The van der Waals surface area contributed by atoms with Gasteiger partial charge in [-0.05, 0) is 48.6 Å². The van der Waals surface area contributed by atoms with Gasteiger partial charge in [-0.2, -0.15) is 0 Å². The number of pyridine rings is 1. The van der Waals surface area contributed by atoms with Crippen molar-refractivity contribution in [3.05, 3.63) is 54.2 Å². The smallest absolute Gasteiger partial charge is 0.224 e. The van der Waals surface area contributed by atoms with E-state index in [1.807, 2.05) is 42.6 Å². The Morgan fingerprint density at radius 2 is 2.08 bits per heavy atom. The lowest BCUT2D eigenvalue weighted by atomic mass is 9.96. The van der Waals surface area contributed by atoms with Crippen molar-refractivity contribution in [3.63, 3.8) is 0 Å². The average molecular weight is 339 g/mol. The first kappa shape index (κ1) is 17.3. The molecule has 1 aliphatic heterocycles. The summed E-state index contributed by atoms with van der Waals surface area (Å²) < 4.78 is 5.20. The highest BCUT2D eigenvalue weighted by atomic mass is 16.5. The van der Waals surface area contributed by atoms with Gasteiger partial charge in [-0.15, -0.1) is 0 Å². The van der Waals surface area contributed by atoms with Crippen LogP contribution >= 0.6 is 0 Å². The first-order chi connectivity index (χ1) is 12.2. The molecular formula is C20H25N3O2. The second-order valence-electron chi connectivity index (χ2n) is 6.45. The number of carbonyl (C=O) groups is 1. The SMILES string of the molecule is COc1cccc(CC(=O)NCC2CCN(c3ccccn3)CC2)c1. The van der Waals surface area contributed by atoms with E-state index in [-0.39, 0.29) is 5.91 Å². The molecule has 1 saturated heterocycles. The maximum atomic E-state index is 12.2. The number of aromatic nitrogens is 1. The zero-order valence-corrected chi connectivity index (χ0v) is 14.6. The molecule has 2 aromatic rings. The number of nitrogens with one attached hydrogen (secondary N) is 1. The summed E-state index contributed by atoms with van der Waals surface area (Å²) in [6.07, 6.45) is 4.39. The fourth-order valence-electron chi connectivity index (χ4n) is 3.20. The van der Waals surface area contributed by atoms with Crippen LogP contribution in [0.4, 0.5) is 5.82 Å². The quantitative estimate of drug-likeness (QED) is 0.879. The highest BCUT2D eigenvalue weighted by molar-refractivity contribution is 5.78. The van der Waals surface area contributed by atoms with Gasteiger partial charge in [-0.1, -0.05) is 18.2 Å². The minimum Gasteiger partial charge on any atom is -0.497 e. The van der Waals surface area contributed by atoms with E-state index in [9.17, 15) is 4.79 Å². The summed E-state index contributed by atoms with van der Waals surface area (Å²) in [7, 11) is 1.64. The summed E-state index contributed by atoms with van der Waals surface area (Å²) in [5.41, 5.74) is 0.974. The van der Waals surface area contributed by atoms with Crippen molar-refractivity contribution in [2.75, 3.05) is 31.6 Å². The van der Waals surface area contributed by atoms with Gasteiger partial charge in [0.1, 0.15) is 11.6 Å². The lowest BCUT2D eigenvalue weighted by molar-refractivity contribution is -0.120. The Hall–Kier alpha value is -2.56. The molecule has 25 heavy (non-hydrogen) atoms. The molecule has 0 aliphatic carbocycles. The van der Waals surface area contributed by atoms with Gasteiger partial charge in [0.05, 0.1) is 13.5 Å². The topological polar surface area (TPSA) is 54.5 Å². The van der Waals surface area contributed by atoms with E-state index in [2.05, 4.69) is 21.3 Å². The third-order valence-corrected chi connectivity index (χ3v) is 4.67. The van der Waals surface area contributed by atoms with Crippen LogP contribution in [-0.4, -0.2) is 37.6 Å². The standard InChI is InChI=1S/C20H25N3O2/c1-25-18-6-4-5-17(13-18)14-20(24)22-15-16-8-11-23(12-9-16)19-7-2-3-10-21-19/h2-7,10,13,16H,8-9,11-12,14-15H2,1H3,(H,22,24). The lowest BCUT2D eigenvalue weighted by Gasteiger charge is -2.32. The third-order valence-electron chi connectivity index (χ3n) is 4.67. The van der Waals surface area contributed by atoms with Gasteiger partial charge in [0, 0.05) is 25.8 Å². The number of amides is 1. The largest absolute Gasteiger partial charge is 0.497 e. The van der Waals surface area contributed by atoms with Gasteiger partial charge in [-0.25, -0.2) is 4.98 Å². The number of nitrogens with zero attached hydrogens (tertiary/aromatic N) is 2. The molecule has 1 aromatic heterocycles. The second-order valence-corrected chi connectivity index (χ2v) is 6.45. The molecule has 3 rings (SSSR count). The van der Waals surface area contributed by atoms with Crippen LogP contribution in [0.1, 0.15) is 18.4 Å². The molecule has 0 saturated carbocycles. The maximum absolute atomic E-state index is 12.2. The molecule has 1 fully saturated rings. The molecular weight excluding hydrogens is 314 g/mol. The van der Waals surface area contributed by atoms with Gasteiger partial charge in [-0.3, -0.25) is 4.79 Å². The van der Waals surface area contributed by atoms with Crippen LogP contribution in [-0.2, 0) is 11.2 Å². The van der Waals surface area contributed by atoms with Crippen molar-refractivity contribution in [3.8, 4) is 5.75 Å². The molecule has 0 radical (unpaired) electrons. The number of carbonyl (C=O) groups excluding carboxylic acids is 1. The number of hydrogen-bond donors (Lipinski definition) is 1. The summed E-state index contributed by atoms with van der Waals surface area (Å²) in [6, 6.07) is 13.7. The van der Waals surface area contributed by atoms with Gasteiger partial charge in [0.25, 0.3) is 0 Å². The van der Waals surface area contributed by atoms with Crippen LogP contribution < -0.4 is 15.0 Å². The number of rotatable bonds is 6. The van der Waals surface area contributed by atoms with E-state index >= 15 is 0 Å². The van der Waals surface area contributed by atoms with E-state index in [1.54, 1.807) is 7.11 Å². The zero-order chi connectivity index (χ0) is 17.5. The number of piperidine rings is 1. The molecule has 132 valence electrons. The zero-order valence-electron chi connectivity index (χ0n) is 14.6. The van der Waals surface area contributed by atoms with Crippen molar-refractivity contribution in [2.24, 2.45) is 5.92 Å². The Morgan fingerprint density at radius 1 is 1.24 bits per heavy atom. The minimum atomic E-state index is 0.0698. The average Bonchev–Trinajstić information content (AvgIpc) is 2.67. The van der Waals surface area contributed by atoms with E-state index in [1.165, 1.54) is 0 Å². The molecule has 5 nitrogen and oxygen atoms in total. The lowest BCUT2D eigenvalue weighted by Crippen LogP contribution is -2.39. The monoisotopic (exact) mass is 339 g/mol. The molecule has 1 amide bonds. The first-order valence-corrected chi connectivity index (χ1v) is 8.80. The molecule has 5 heteroatoms. The predicted octanol–water partition coefficient (Wildman–Crippen LogP) is 2.67. The normalized spacial score (nSPS) is 15.0. The molecule has 0 bridgehead atoms. The second kappa shape index (κ2) is 8.51. The summed E-state index contributed by atoms with van der Waals surface area (Å²) in [4.78, 5) is 18.9. The Morgan fingerprint density at radius 3 is 2.80 bits per heavy atom. The maximum Gasteiger partial charge on any atom is 0.224 e. The number of hydrogen-bond acceptors (Lipinski definition) is 4. The third kappa shape index (κ3) is 4.95. The Kier molecular flexibility index (Phi) is 5.88. The van der Waals surface area contributed by atoms with Crippen LogP contribution in [0.25, 0.3) is 0 Å². The van der Waals surface area contributed by atoms with Crippen molar-refractivity contribution < 1.29 is 9.53 Å². The van der Waals surface area contributed by atoms with E-state index in [4.69, 9.17) is 4.74 Å². The van der Waals surface area contributed by atoms with Crippen LogP contribution in [0.3, 0.4) is 0 Å². The first-order valence-electron chi connectivity index (χ1n) is 8.80. The summed E-state index contributed by atoms with van der Waals surface area (Å²) in [5.74, 6) is 2.44. The van der Waals surface area contributed by atoms with E-state index < -0.39 is 0 Å². The number of methoxy groups -OCH3 is 1. The van der Waals surface area contributed by atoms with Crippen molar-refractivity contribution >= 4 is 11.7 Å². The molecule has 1 aliphatic rings. The van der Waals surface area contributed by atoms with Gasteiger partial charge in [0.15, 0.2) is 0 Å². The number of anilines is 1. The summed E-state index contributed by atoms with van der Waals surface area (Å²) in [5, 5.41) is 3.08. The van der Waals surface area contributed by atoms with Gasteiger partial charge < -0.3 is 15.0 Å². The minimum absolute atomic E-state index is 0.0698. The molecule has 0 spiro atoms. The predicted molar refractivity (Wildman–Crippen MR) is 98.9 cm³/mol. The fraction of sp³-hybridized carbons (Fsp3) is 0.400.